The molecular weight excluding hydrogens is 300 g/mol. The topological polar surface area (TPSA) is 43.3 Å². The number of carbonyl (C=O) groups is 1. The summed E-state index contributed by atoms with van der Waals surface area (Å²) in [7, 11) is 1.64. The first-order chi connectivity index (χ1) is 11.8. The molecule has 1 heterocycles. The van der Waals surface area contributed by atoms with E-state index in [-0.39, 0.29) is 11.9 Å². The normalized spacial score (nSPS) is 11.7. The molecule has 122 valence electrons. The van der Waals surface area contributed by atoms with Gasteiger partial charge in [-0.2, -0.15) is 0 Å². The Morgan fingerprint density at radius 1 is 1.04 bits per heavy atom. The summed E-state index contributed by atoms with van der Waals surface area (Å²) < 4.78 is 7.35. The monoisotopic (exact) mass is 320 g/mol. The van der Waals surface area contributed by atoms with E-state index in [1.807, 2.05) is 83.7 Å². The summed E-state index contributed by atoms with van der Waals surface area (Å²) in [5.74, 6) is 0.760. The molecule has 0 radical (unpaired) electrons. The lowest BCUT2D eigenvalue weighted by atomic mass is 10.0. The van der Waals surface area contributed by atoms with Crippen molar-refractivity contribution >= 4 is 11.6 Å². The Labute approximate surface area is 141 Å². The summed E-state index contributed by atoms with van der Waals surface area (Å²) in [6, 6.07) is 21.2. The third-order valence-electron chi connectivity index (χ3n) is 3.90. The first-order valence-corrected chi connectivity index (χ1v) is 7.87. The van der Waals surface area contributed by atoms with Gasteiger partial charge < -0.3 is 14.6 Å². The van der Waals surface area contributed by atoms with Crippen LogP contribution in [0.3, 0.4) is 0 Å². The Bertz CT molecular complexity index is 782. The smallest absolute Gasteiger partial charge is 0.226 e. The molecule has 0 unspecified atom stereocenters. The number of anilines is 1. The molecule has 0 aliphatic heterocycles. The number of rotatable bonds is 6. The second kappa shape index (κ2) is 7.51. The van der Waals surface area contributed by atoms with Gasteiger partial charge in [0.25, 0.3) is 0 Å². The second-order valence-corrected chi connectivity index (χ2v) is 5.54. The lowest BCUT2D eigenvalue weighted by Gasteiger charge is -2.20. The highest BCUT2D eigenvalue weighted by Crippen LogP contribution is 2.26. The molecule has 4 nitrogen and oxygen atoms in total. The summed E-state index contributed by atoms with van der Waals surface area (Å²) in [5.41, 5.74) is 1.84. The van der Waals surface area contributed by atoms with Gasteiger partial charge in [0.1, 0.15) is 5.75 Å². The van der Waals surface area contributed by atoms with Crippen LogP contribution in [0.2, 0.25) is 0 Å². The van der Waals surface area contributed by atoms with Crippen molar-refractivity contribution < 1.29 is 9.53 Å². The van der Waals surface area contributed by atoms with Crippen LogP contribution in [0, 0.1) is 0 Å². The number of benzene rings is 2. The lowest BCUT2D eigenvalue weighted by molar-refractivity contribution is -0.116. The molecule has 0 aliphatic carbocycles. The molecule has 4 heteroatoms. The summed E-state index contributed by atoms with van der Waals surface area (Å²) in [4.78, 5) is 12.5. The number of ether oxygens (including phenoxy) is 1. The van der Waals surface area contributed by atoms with Crippen LogP contribution in [0.25, 0.3) is 0 Å². The Morgan fingerprint density at radius 3 is 2.50 bits per heavy atom. The van der Waals surface area contributed by atoms with Crippen molar-refractivity contribution in [1.29, 1.82) is 0 Å². The molecule has 0 saturated heterocycles. The molecule has 24 heavy (non-hydrogen) atoms. The highest BCUT2D eigenvalue weighted by molar-refractivity contribution is 5.91. The van der Waals surface area contributed by atoms with E-state index in [2.05, 4.69) is 5.32 Å². The largest absolute Gasteiger partial charge is 0.497 e. The zero-order valence-corrected chi connectivity index (χ0v) is 13.6. The Balaban J connectivity index is 1.82. The molecule has 0 aliphatic rings. The van der Waals surface area contributed by atoms with Crippen LogP contribution in [0.4, 0.5) is 5.69 Å². The van der Waals surface area contributed by atoms with Gasteiger partial charge in [-0.1, -0.05) is 30.3 Å². The average Bonchev–Trinajstić information content (AvgIpc) is 3.15. The zero-order valence-electron chi connectivity index (χ0n) is 13.6. The predicted molar refractivity (Wildman–Crippen MR) is 95.3 cm³/mol. The maximum absolute atomic E-state index is 12.5. The maximum Gasteiger partial charge on any atom is 0.226 e. The third-order valence-corrected chi connectivity index (χ3v) is 3.90. The fraction of sp³-hybridized carbons (Fsp3) is 0.150. The number of nitrogens with one attached hydrogen (secondary N) is 1. The molecule has 1 aromatic heterocycles. The van der Waals surface area contributed by atoms with Crippen LogP contribution >= 0.6 is 0 Å². The number of hydrogen-bond donors (Lipinski definition) is 1. The molecule has 0 saturated carbocycles. The van der Waals surface area contributed by atoms with Gasteiger partial charge in [0.2, 0.25) is 5.91 Å². The summed E-state index contributed by atoms with van der Waals surface area (Å²) >= 11 is 0. The van der Waals surface area contributed by atoms with Gasteiger partial charge in [-0.3, -0.25) is 4.79 Å². The van der Waals surface area contributed by atoms with Crippen molar-refractivity contribution in [2.75, 3.05) is 12.4 Å². The summed E-state index contributed by atoms with van der Waals surface area (Å²) in [6.45, 7) is 0. The van der Waals surface area contributed by atoms with Gasteiger partial charge in [0.15, 0.2) is 0 Å². The van der Waals surface area contributed by atoms with Crippen LogP contribution in [0.15, 0.2) is 79.1 Å². The van der Waals surface area contributed by atoms with E-state index in [1.165, 1.54) is 0 Å². The number of carbonyl (C=O) groups excluding carboxylic acids is 1. The Hall–Kier alpha value is -3.01. The average molecular weight is 320 g/mol. The summed E-state index contributed by atoms with van der Waals surface area (Å²) in [6.07, 6.45) is 4.29. The first-order valence-electron chi connectivity index (χ1n) is 7.87. The van der Waals surface area contributed by atoms with Crippen molar-refractivity contribution in [2.24, 2.45) is 0 Å². The van der Waals surface area contributed by atoms with Gasteiger partial charge in [-0.15, -0.1) is 0 Å². The SMILES string of the molecule is COc1cccc([C@@H](CC(=O)Nc2ccccc2)n2cccc2)c1. The van der Waals surface area contributed by atoms with Crippen LogP contribution in [-0.2, 0) is 4.79 Å². The van der Waals surface area contributed by atoms with E-state index in [0.29, 0.717) is 6.42 Å². The minimum atomic E-state index is -0.0844. The van der Waals surface area contributed by atoms with Crippen molar-refractivity contribution in [3.63, 3.8) is 0 Å². The van der Waals surface area contributed by atoms with E-state index in [1.54, 1.807) is 7.11 Å². The molecule has 2 aromatic carbocycles. The standard InChI is InChI=1S/C20H20N2O2/c1-24-18-11-7-8-16(14-18)19(22-12-5-6-13-22)15-20(23)21-17-9-3-2-4-10-17/h2-14,19H,15H2,1H3,(H,21,23)/t19-/m1/s1. The van der Waals surface area contributed by atoms with E-state index < -0.39 is 0 Å². The number of aromatic nitrogens is 1. The quantitative estimate of drug-likeness (QED) is 0.742. The van der Waals surface area contributed by atoms with Gasteiger partial charge in [-0.25, -0.2) is 0 Å². The minimum absolute atomic E-state index is 0.0253. The summed E-state index contributed by atoms with van der Waals surface area (Å²) in [5, 5.41) is 2.95. The molecule has 1 atom stereocenters. The first kappa shape index (κ1) is 15.9. The lowest BCUT2D eigenvalue weighted by Crippen LogP contribution is -2.19. The number of nitrogens with zero attached hydrogens (tertiary/aromatic N) is 1. The molecule has 3 rings (SSSR count). The highest BCUT2D eigenvalue weighted by Gasteiger charge is 2.18. The molecule has 0 spiro atoms. The van der Waals surface area contributed by atoms with Crippen molar-refractivity contribution in [3.05, 3.63) is 84.7 Å². The fourth-order valence-electron chi connectivity index (χ4n) is 2.71. The van der Waals surface area contributed by atoms with E-state index in [0.717, 1.165) is 17.0 Å². The molecule has 3 aromatic rings. The van der Waals surface area contributed by atoms with E-state index in [9.17, 15) is 4.79 Å². The zero-order chi connectivity index (χ0) is 16.8. The number of amides is 1. The third kappa shape index (κ3) is 3.84. The molecule has 1 amide bonds. The number of hydrogen-bond acceptors (Lipinski definition) is 2. The molecule has 1 N–H and O–H groups in total. The molecule has 0 bridgehead atoms. The van der Waals surface area contributed by atoms with Crippen LogP contribution < -0.4 is 10.1 Å². The van der Waals surface area contributed by atoms with Gasteiger partial charge in [0.05, 0.1) is 19.6 Å². The Morgan fingerprint density at radius 2 is 1.79 bits per heavy atom. The maximum atomic E-state index is 12.5. The van der Waals surface area contributed by atoms with Gasteiger partial charge in [-0.05, 0) is 42.0 Å². The van der Waals surface area contributed by atoms with Gasteiger partial charge in [0, 0.05) is 18.1 Å². The van der Waals surface area contributed by atoms with Gasteiger partial charge >= 0.3 is 0 Å². The minimum Gasteiger partial charge on any atom is -0.497 e. The van der Waals surface area contributed by atoms with Crippen LogP contribution in [0.5, 0.6) is 5.75 Å². The predicted octanol–water partition coefficient (Wildman–Crippen LogP) is 4.11. The highest BCUT2D eigenvalue weighted by atomic mass is 16.5. The van der Waals surface area contributed by atoms with Crippen molar-refractivity contribution in [3.8, 4) is 5.75 Å². The molecule has 0 fully saturated rings. The number of methoxy groups -OCH3 is 1. The van der Waals surface area contributed by atoms with E-state index >= 15 is 0 Å². The van der Waals surface area contributed by atoms with E-state index in [4.69, 9.17) is 4.74 Å². The Kier molecular flexibility index (Phi) is 4.96. The number of para-hydroxylation sites is 1. The molecular formula is C20H20N2O2. The van der Waals surface area contributed by atoms with Crippen LogP contribution in [0.1, 0.15) is 18.0 Å². The van der Waals surface area contributed by atoms with Crippen molar-refractivity contribution in [1.82, 2.24) is 4.57 Å². The van der Waals surface area contributed by atoms with Crippen LogP contribution in [-0.4, -0.2) is 17.6 Å². The van der Waals surface area contributed by atoms with Crippen molar-refractivity contribution in [2.45, 2.75) is 12.5 Å². The fourth-order valence-corrected chi connectivity index (χ4v) is 2.71. The second-order valence-electron chi connectivity index (χ2n) is 5.54.